The Labute approximate surface area is 106 Å². The van der Waals surface area contributed by atoms with Gasteiger partial charge in [-0.2, -0.15) is 10.6 Å². The fraction of sp³-hybridized carbons (Fsp3) is 0.462. The summed E-state index contributed by atoms with van der Waals surface area (Å²) in [5.74, 6) is 1.67. The van der Waals surface area contributed by atoms with E-state index in [4.69, 9.17) is 9.25 Å². The van der Waals surface area contributed by atoms with E-state index in [0.717, 1.165) is 22.8 Å². The number of aryl methyl sites for hydroxylation is 1. The van der Waals surface area contributed by atoms with E-state index in [1.807, 2.05) is 39.8 Å². The molecule has 2 N–H and O–H groups in total. The minimum atomic E-state index is -0.217. The maximum absolute atomic E-state index is 5.58. The third-order valence-electron chi connectivity index (χ3n) is 2.35. The molecule has 0 saturated heterocycles. The van der Waals surface area contributed by atoms with Crippen molar-refractivity contribution in [3.63, 3.8) is 0 Å². The Bertz CT molecular complexity index is 508. The van der Waals surface area contributed by atoms with Crippen LogP contribution in [0.15, 0.2) is 22.7 Å². The number of H-pyrrole nitrogens is 1. The van der Waals surface area contributed by atoms with Gasteiger partial charge in [0.25, 0.3) is 0 Å². The molecule has 0 aliphatic rings. The van der Waals surface area contributed by atoms with Gasteiger partial charge in [-0.15, -0.1) is 0 Å². The quantitative estimate of drug-likeness (QED) is 0.818. The molecule has 0 spiro atoms. The van der Waals surface area contributed by atoms with Crippen molar-refractivity contribution in [3.05, 3.63) is 29.7 Å². The lowest BCUT2D eigenvalue weighted by atomic mass is 10.2. The van der Waals surface area contributed by atoms with Gasteiger partial charge < -0.3 is 4.42 Å². The minimum Gasteiger partial charge on any atom is -0.460 e. The van der Waals surface area contributed by atoms with Gasteiger partial charge in [0.15, 0.2) is 5.76 Å². The second-order valence-electron chi connectivity index (χ2n) is 5.22. The van der Waals surface area contributed by atoms with Crippen molar-refractivity contribution in [1.82, 2.24) is 15.7 Å². The third-order valence-corrected chi connectivity index (χ3v) is 2.35. The summed E-state index contributed by atoms with van der Waals surface area (Å²) in [6, 6.07) is 3.86. The van der Waals surface area contributed by atoms with Crippen molar-refractivity contribution in [1.29, 1.82) is 0 Å². The first-order valence-corrected chi connectivity index (χ1v) is 5.95. The topological polar surface area (TPSA) is 63.1 Å². The lowest BCUT2D eigenvalue weighted by Gasteiger charge is -2.19. The maximum atomic E-state index is 5.58. The monoisotopic (exact) mass is 249 g/mol. The molecule has 0 aliphatic heterocycles. The number of aromatic amines is 1. The fourth-order valence-electron chi connectivity index (χ4n) is 1.56. The summed E-state index contributed by atoms with van der Waals surface area (Å²) in [6.07, 6.45) is 1.77. The van der Waals surface area contributed by atoms with E-state index in [1.165, 1.54) is 0 Å². The molecule has 0 atom stereocenters. The molecule has 0 bridgehead atoms. The van der Waals surface area contributed by atoms with Gasteiger partial charge in [0.05, 0.1) is 11.8 Å². The van der Waals surface area contributed by atoms with Crippen molar-refractivity contribution in [2.24, 2.45) is 0 Å². The predicted octanol–water partition coefficient (Wildman–Crippen LogP) is 2.80. The number of hydroxylamine groups is 1. The number of aromatic nitrogens is 2. The summed E-state index contributed by atoms with van der Waals surface area (Å²) in [7, 11) is 0. The van der Waals surface area contributed by atoms with Gasteiger partial charge in [-0.3, -0.25) is 9.94 Å². The Kier molecular flexibility index (Phi) is 3.54. The zero-order valence-corrected chi connectivity index (χ0v) is 11.2. The normalized spacial score (nSPS) is 12.0. The third kappa shape index (κ3) is 3.21. The van der Waals surface area contributed by atoms with Gasteiger partial charge in [-0.25, -0.2) is 0 Å². The largest absolute Gasteiger partial charge is 0.460 e. The number of nitrogens with one attached hydrogen (secondary N) is 2. The first-order valence-electron chi connectivity index (χ1n) is 5.95. The van der Waals surface area contributed by atoms with Crippen LogP contribution in [0.25, 0.3) is 11.5 Å². The smallest absolute Gasteiger partial charge is 0.152 e. The molecule has 18 heavy (non-hydrogen) atoms. The van der Waals surface area contributed by atoms with Crippen LogP contribution >= 0.6 is 0 Å². The van der Waals surface area contributed by atoms with Gasteiger partial charge in [-0.05, 0) is 39.8 Å². The average Bonchev–Trinajstić information content (AvgIpc) is 2.84. The van der Waals surface area contributed by atoms with Crippen LogP contribution in [0.2, 0.25) is 0 Å². The maximum Gasteiger partial charge on any atom is 0.152 e. The fourth-order valence-corrected chi connectivity index (χ4v) is 1.56. The molecule has 0 aromatic carbocycles. The highest BCUT2D eigenvalue weighted by Gasteiger charge is 2.13. The minimum absolute atomic E-state index is 0.217. The molecule has 0 radical (unpaired) electrons. The summed E-state index contributed by atoms with van der Waals surface area (Å²) in [5.41, 5.74) is 4.62. The van der Waals surface area contributed by atoms with Crippen molar-refractivity contribution in [2.45, 2.75) is 39.8 Å². The van der Waals surface area contributed by atoms with E-state index < -0.39 is 0 Å². The highest BCUT2D eigenvalue weighted by atomic mass is 16.7. The summed E-state index contributed by atoms with van der Waals surface area (Å²) >= 11 is 0. The molecule has 0 saturated carbocycles. The van der Waals surface area contributed by atoms with Gasteiger partial charge in [0.1, 0.15) is 11.5 Å². The molecule has 0 amide bonds. The Morgan fingerprint density at radius 2 is 2.17 bits per heavy atom. The molecular weight excluding hydrogens is 230 g/mol. The van der Waals surface area contributed by atoms with E-state index in [9.17, 15) is 0 Å². The van der Waals surface area contributed by atoms with E-state index >= 15 is 0 Å². The Hall–Kier alpha value is -1.59. The lowest BCUT2D eigenvalue weighted by Crippen LogP contribution is -2.28. The SMILES string of the molecule is Cc1ccc(-c2[nH]ncc2CNOC(C)(C)C)o1. The van der Waals surface area contributed by atoms with Gasteiger partial charge in [0.2, 0.25) is 0 Å². The van der Waals surface area contributed by atoms with E-state index in [2.05, 4.69) is 15.7 Å². The first kappa shape index (κ1) is 12.9. The number of furan rings is 1. The number of rotatable bonds is 4. The molecule has 0 unspecified atom stereocenters. The van der Waals surface area contributed by atoms with Crippen molar-refractivity contribution in [2.75, 3.05) is 0 Å². The molecule has 2 aromatic heterocycles. The van der Waals surface area contributed by atoms with E-state index in [1.54, 1.807) is 6.20 Å². The molecule has 98 valence electrons. The lowest BCUT2D eigenvalue weighted by molar-refractivity contribution is -0.0757. The van der Waals surface area contributed by atoms with E-state index in [-0.39, 0.29) is 5.60 Å². The van der Waals surface area contributed by atoms with Crippen LogP contribution in [0, 0.1) is 6.92 Å². The molecular formula is C13H19N3O2. The summed E-state index contributed by atoms with van der Waals surface area (Å²) in [5, 5.41) is 6.99. The Morgan fingerprint density at radius 3 is 2.78 bits per heavy atom. The highest BCUT2D eigenvalue weighted by molar-refractivity contribution is 5.56. The number of hydrogen-bond acceptors (Lipinski definition) is 4. The summed E-state index contributed by atoms with van der Waals surface area (Å²) in [6.45, 7) is 8.47. The predicted molar refractivity (Wildman–Crippen MR) is 68.7 cm³/mol. The Morgan fingerprint density at radius 1 is 1.39 bits per heavy atom. The number of hydrogen-bond donors (Lipinski definition) is 2. The molecule has 5 nitrogen and oxygen atoms in total. The molecule has 2 aromatic rings. The second-order valence-corrected chi connectivity index (χ2v) is 5.22. The summed E-state index contributed by atoms with van der Waals surface area (Å²) in [4.78, 5) is 5.48. The second kappa shape index (κ2) is 4.96. The van der Waals surface area contributed by atoms with Gasteiger partial charge in [-0.1, -0.05) is 0 Å². The standard InChI is InChI=1S/C13H19N3O2/c1-9-5-6-11(17-9)12-10(7-14-16-12)8-15-18-13(2,3)4/h5-7,15H,8H2,1-4H3,(H,14,16). The molecule has 2 rings (SSSR count). The van der Waals surface area contributed by atoms with Crippen LogP contribution < -0.4 is 5.48 Å². The van der Waals surface area contributed by atoms with E-state index in [0.29, 0.717) is 6.54 Å². The van der Waals surface area contributed by atoms with Crippen LogP contribution in [-0.4, -0.2) is 15.8 Å². The van der Waals surface area contributed by atoms with Crippen molar-refractivity contribution < 1.29 is 9.25 Å². The average molecular weight is 249 g/mol. The van der Waals surface area contributed by atoms with Gasteiger partial charge >= 0.3 is 0 Å². The van der Waals surface area contributed by atoms with Gasteiger partial charge in [0, 0.05) is 12.1 Å². The molecule has 0 fully saturated rings. The number of nitrogens with zero attached hydrogens (tertiary/aromatic N) is 1. The van der Waals surface area contributed by atoms with Crippen molar-refractivity contribution in [3.8, 4) is 11.5 Å². The summed E-state index contributed by atoms with van der Waals surface area (Å²) < 4.78 is 5.58. The molecule has 2 heterocycles. The first-order chi connectivity index (χ1) is 8.46. The van der Waals surface area contributed by atoms with Crippen LogP contribution in [-0.2, 0) is 11.4 Å². The zero-order chi connectivity index (χ0) is 13.2. The molecule has 5 heteroatoms. The van der Waals surface area contributed by atoms with Crippen molar-refractivity contribution >= 4 is 0 Å². The zero-order valence-electron chi connectivity index (χ0n) is 11.2. The highest BCUT2D eigenvalue weighted by Crippen LogP contribution is 2.23. The molecule has 0 aliphatic carbocycles. The van der Waals surface area contributed by atoms with Crippen LogP contribution in [0.4, 0.5) is 0 Å². The van der Waals surface area contributed by atoms with Crippen LogP contribution in [0.3, 0.4) is 0 Å². The van der Waals surface area contributed by atoms with Crippen LogP contribution in [0.5, 0.6) is 0 Å². The Balaban J connectivity index is 2.04. The van der Waals surface area contributed by atoms with Crippen LogP contribution in [0.1, 0.15) is 32.1 Å².